The number of benzene rings is 1. The Morgan fingerprint density at radius 2 is 2.00 bits per heavy atom. The first-order chi connectivity index (χ1) is 7.81. The minimum atomic E-state index is 0.300. The van der Waals surface area contributed by atoms with Gasteiger partial charge in [-0.3, -0.25) is 0 Å². The predicted molar refractivity (Wildman–Crippen MR) is 74.0 cm³/mol. The Bertz CT molecular complexity index is 438. The van der Waals surface area contributed by atoms with Crippen LogP contribution in [0.5, 0.6) is 0 Å². The summed E-state index contributed by atoms with van der Waals surface area (Å²) in [5.41, 5.74) is 2.64. The monoisotopic (exact) mass is 295 g/mol. The van der Waals surface area contributed by atoms with Gasteiger partial charge in [-0.15, -0.1) is 11.3 Å². The number of hydrogen-bond acceptors (Lipinski definition) is 2. The highest BCUT2D eigenvalue weighted by Crippen LogP contribution is 2.29. The van der Waals surface area contributed by atoms with Crippen molar-refractivity contribution >= 4 is 27.3 Å². The second kappa shape index (κ2) is 5.62. The van der Waals surface area contributed by atoms with Gasteiger partial charge in [-0.25, -0.2) is 0 Å². The van der Waals surface area contributed by atoms with Gasteiger partial charge in [-0.05, 0) is 45.0 Å². The standard InChI is InChI=1S/C13H14BrNS/c1-2-15-13(10-6-4-3-5-7-10)11-8-12(14)16-9-11/h3-9,13,15H,2H2,1H3. The zero-order valence-electron chi connectivity index (χ0n) is 9.11. The van der Waals surface area contributed by atoms with Gasteiger partial charge >= 0.3 is 0 Å². The van der Waals surface area contributed by atoms with Crippen LogP contribution in [-0.2, 0) is 0 Å². The molecule has 1 nitrogen and oxygen atoms in total. The van der Waals surface area contributed by atoms with E-state index >= 15 is 0 Å². The molecule has 0 spiro atoms. The third-order valence-electron chi connectivity index (χ3n) is 2.46. The highest BCUT2D eigenvalue weighted by atomic mass is 79.9. The topological polar surface area (TPSA) is 12.0 Å². The second-order valence-corrected chi connectivity index (χ2v) is 5.88. The summed E-state index contributed by atoms with van der Waals surface area (Å²) in [5.74, 6) is 0. The highest BCUT2D eigenvalue weighted by molar-refractivity contribution is 9.11. The van der Waals surface area contributed by atoms with E-state index in [1.807, 2.05) is 0 Å². The molecule has 84 valence electrons. The van der Waals surface area contributed by atoms with Crippen molar-refractivity contribution in [1.29, 1.82) is 0 Å². The fourth-order valence-electron chi connectivity index (χ4n) is 1.75. The van der Waals surface area contributed by atoms with E-state index in [0.29, 0.717) is 6.04 Å². The molecule has 1 heterocycles. The lowest BCUT2D eigenvalue weighted by Crippen LogP contribution is -2.21. The van der Waals surface area contributed by atoms with Crippen molar-refractivity contribution in [2.45, 2.75) is 13.0 Å². The number of halogens is 1. The van der Waals surface area contributed by atoms with E-state index in [2.05, 4.69) is 69.9 Å². The number of thiophene rings is 1. The summed E-state index contributed by atoms with van der Waals surface area (Å²) in [6.45, 7) is 3.10. The maximum absolute atomic E-state index is 3.51. The van der Waals surface area contributed by atoms with Gasteiger partial charge in [-0.1, -0.05) is 37.3 Å². The second-order valence-electron chi connectivity index (χ2n) is 3.59. The van der Waals surface area contributed by atoms with E-state index in [1.54, 1.807) is 11.3 Å². The first kappa shape index (κ1) is 11.8. The van der Waals surface area contributed by atoms with E-state index < -0.39 is 0 Å². The van der Waals surface area contributed by atoms with Crippen LogP contribution in [0, 0.1) is 0 Å². The molecule has 0 aliphatic carbocycles. The van der Waals surface area contributed by atoms with E-state index in [-0.39, 0.29) is 0 Å². The van der Waals surface area contributed by atoms with Crippen molar-refractivity contribution in [3.63, 3.8) is 0 Å². The summed E-state index contributed by atoms with van der Waals surface area (Å²) in [6, 6.07) is 13.0. The Kier molecular flexibility index (Phi) is 4.16. The smallest absolute Gasteiger partial charge is 0.0701 e. The van der Waals surface area contributed by atoms with Gasteiger partial charge in [0.1, 0.15) is 0 Å². The molecule has 1 aromatic carbocycles. The van der Waals surface area contributed by atoms with Crippen molar-refractivity contribution < 1.29 is 0 Å². The largest absolute Gasteiger partial charge is 0.307 e. The third kappa shape index (κ3) is 2.73. The highest BCUT2D eigenvalue weighted by Gasteiger charge is 2.13. The van der Waals surface area contributed by atoms with Crippen LogP contribution in [0.2, 0.25) is 0 Å². The first-order valence-corrected chi connectivity index (χ1v) is 7.00. The van der Waals surface area contributed by atoms with Gasteiger partial charge < -0.3 is 5.32 Å². The molecule has 1 N–H and O–H groups in total. The molecule has 1 aromatic heterocycles. The lowest BCUT2D eigenvalue weighted by atomic mass is 10.0. The van der Waals surface area contributed by atoms with Gasteiger partial charge in [0.25, 0.3) is 0 Å². The van der Waals surface area contributed by atoms with Crippen molar-refractivity contribution in [3.8, 4) is 0 Å². The Balaban J connectivity index is 2.31. The molecule has 1 atom stereocenters. The van der Waals surface area contributed by atoms with Crippen LogP contribution in [0.25, 0.3) is 0 Å². The van der Waals surface area contributed by atoms with E-state index in [4.69, 9.17) is 0 Å². The Hall–Kier alpha value is -0.640. The zero-order valence-corrected chi connectivity index (χ0v) is 11.5. The zero-order chi connectivity index (χ0) is 11.4. The lowest BCUT2D eigenvalue weighted by Gasteiger charge is -2.17. The molecule has 3 heteroatoms. The maximum atomic E-state index is 3.51. The Morgan fingerprint density at radius 3 is 2.56 bits per heavy atom. The molecule has 0 radical (unpaired) electrons. The molecule has 2 aromatic rings. The summed E-state index contributed by atoms with van der Waals surface area (Å²) >= 11 is 5.24. The quantitative estimate of drug-likeness (QED) is 0.891. The van der Waals surface area contributed by atoms with Gasteiger partial charge in [-0.2, -0.15) is 0 Å². The van der Waals surface area contributed by atoms with Gasteiger partial charge in [0.2, 0.25) is 0 Å². The summed E-state index contributed by atoms with van der Waals surface area (Å²) in [6.07, 6.45) is 0. The number of rotatable bonds is 4. The maximum Gasteiger partial charge on any atom is 0.0701 e. The van der Waals surface area contributed by atoms with Crippen LogP contribution < -0.4 is 5.32 Å². The minimum Gasteiger partial charge on any atom is -0.307 e. The van der Waals surface area contributed by atoms with Gasteiger partial charge in [0.15, 0.2) is 0 Å². The molecule has 2 rings (SSSR count). The van der Waals surface area contributed by atoms with Crippen molar-refractivity contribution in [2.75, 3.05) is 6.54 Å². The van der Waals surface area contributed by atoms with Gasteiger partial charge in [0, 0.05) is 0 Å². The average Bonchev–Trinajstić information content (AvgIpc) is 2.74. The fraction of sp³-hybridized carbons (Fsp3) is 0.231. The Morgan fingerprint density at radius 1 is 1.25 bits per heavy atom. The molecule has 0 amide bonds. The molecule has 0 saturated carbocycles. The molecule has 0 fully saturated rings. The molecule has 0 bridgehead atoms. The van der Waals surface area contributed by atoms with Gasteiger partial charge in [0.05, 0.1) is 9.83 Å². The molecular formula is C13H14BrNS. The van der Waals surface area contributed by atoms with E-state index in [9.17, 15) is 0 Å². The summed E-state index contributed by atoms with van der Waals surface area (Å²) in [7, 11) is 0. The van der Waals surface area contributed by atoms with Crippen molar-refractivity contribution in [3.05, 3.63) is 56.7 Å². The molecule has 0 aliphatic heterocycles. The Labute approximate surface area is 109 Å². The van der Waals surface area contributed by atoms with E-state index in [1.165, 1.54) is 14.9 Å². The van der Waals surface area contributed by atoms with Crippen LogP contribution in [0.3, 0.4) is 0 Å². The van der Waals surface area contributed by atoms with Crippen LogP contribution >= 0.6 is 27.3 Å². The average molecular weight is 296 g/mol. The summed E-state index contributed by atoms with van der Waals surface area (Å²) in [4.78, 5) is 0. The number of nitrogens with one attached hydrogen (secondary N) is 1. The van der Waals surface area contributed by atoms with Crippen LogP contribution in [0.4, 0.5) is 0 Å². The van der Waals surface area contributed by atoms with Crippen molar-refractivity contribution in [1.82, 2.24) is 5.32 Å². The molecule has 1 unspecified atom stereocenters. The number of hydrogen-bond donors (Lipinski definition) is 1. The lowest BCUT2D eigenvalue weighted by molar-refractivity contribution is 0.632. The summed E-state index contributed by atoms with van der Waals surface area (Å²) < 4.78 is 1.18. The molecule has 0 saturated heterocycles. The minimum absolute atomic E-state index is 0.300. The third-order valence-corrected chi connectivity index (χ3v) is 3.98. The normalized spacial score (nSPS) is 12.6. The van der Waals surface area contributed by atoms with Crippen LogP contribution in [0.15, 0.2) is 45.6 Å². The SMILES string of the molecule is CCNC(c1ccccc1)c1csc(Br)c1. The predicted octanol–water partition coefficient (Wildman–Crippen LogP) is 4.21. The van der Waals surface area contributed by atoms with E-state index in [0.717, 1.165) is 6.54 Å². The summed E-state index contributed by atoms with van der Waals surface area (Å²) in [5, 5.41) is 5.71. The van der Waals surface area contributed by atoms with Crippen LogP contribution in [0.1, 0.15) is 24.1 Å². The molecular weight excluding hydrogens is 282 g/mol. The molecule has 0 aliphatic rings. The fourth-order valence-corrected chi connectivity index (χ4v) is 2.95. The first-order valence-electron chi connectivity index (χ1n) is 5.33. The van der Waals surface area contributed by atoms with Crippen LogP contribution in [-0.4, -0.2) is 6.54 Å². The molecule has 16 heavy (non-hydrogen) atoms. The van der Waals surface area contributed by atoms with Crippen molar-refractivity contribution in [2.24, 2.45) is 0 Å².